The summed E-state index contributed by atoms with van der Waals surface area (Å²) in [6, 6.07) is 0. The van der Waals surface area contributed by atoms with Crippen LogP contribution in [0.1, 0.15) is 110 Å². The largest absolute Gasteiger partial charge is 0.379 e. The highest BCUT2D eigenvalue weighted by Crippen LogP contribution is 2.13. The Bertz CT molecular complexity index is 458. The maximum absolute atomic E-state index is 11.4. The second-order valence-corrected chi connectivity index (χ2v) is 8.85. The van der Waals surface area contributed by atoms with E-state index in [1.165, 1.54) is 83.5 Å². The topological polar surface area (TPSA) is 74.3 Å². The Kier molecular flexibility index (Phi) is 20.7. The van der Waals surface area contributed by atoms with Crippen LogP contribution in [0.25, 0.3) is 0 Å². The van der Waals surface area contributed by atoms with Crippen molar-refractivity contribution in [2.75, 3.05) is 46.2 Å². The van der Waals surface area contributed by atoms with Gasteiger partial charge in [-0.2, -0.15) is 5.06 Å². The van der Waals surface area contributed by atoms with Crippen LogP contribution in [-0.4, -0.2) is 63.1 Å². The van der Waals surface area contributed by atoms with E-state index in [-0.39, 0.29) is 31.3 Å². The quantitative estimate of drug-likeness (QED) is 0.127. The van der Waals surface area contributed by atoms with Gasteiger partial charge in [0, 0.05) is 19.4 Å². The number of unbranched alkanes of at least 4 members (excludes halogenated alkanes) is 13. The van der Waals surface area contributed by atoms with Gasteiger partial charge in [0.2, 0.25) is 0 Å². The molecule has 2 amide bonds. The average Bonchev–Trinajstić information content (AvgIpc) is 3.14. The maximum Gasteiger partial charge on any atom is 0.253 e. The summed E-state index contributed by atoms with van der Waals surface area (Å²) in [5.74, 6) is -0.560. The van der Waals surface area contributed by atoms with Crippen molar-refractivity contribution in [2.45, 2.75) is 110 Å². The second-order valence-electron chi connectivity index (χ2n) is 8.85. The van der Waals surface area contributed by atoms with Crippen molar-refractivity contribution in [1.82, 2.24) is 5.06 Å². The molecule has 0 aromatic carbocycles. The number of hydrogen-bond donors (Lipinski definition) is 0. The van der Waals surface area contributed by atoms with Crippen LogP contribution >= 0.6 is 0 Å². The standard InChI is InChI=1S/C26H49NO6/c1-2-3-4-5-6-7-8-9-10-11-12-13-14-15-18-30-19-20-31-21-22-32-23-24-33-27-25(28)16-17-26(27)29/h2-24H2,1H3. The number of rotatable bonds is 25. The molecule has 1 heterocycles. The van der Waals surface area contributed by atoms with Crippen LogP contribution in [0, 0.1) is 0 Å². The molecular weight excluding hydrogens is 422 g/mol. The van der Waals surface area contributed by atoms with E-state index in [4.69, 9.17) is 19.0 Å². The van der Waals surface area contributed by atoms with Gasteiger partial charge >= 0.3 is 0 Å². The van der Waals surface area contributed by atoms with Gasteiger partial charge < -0.3 is 14.2 Å². The van der Waals surface area contributed by atoms with Crippen LogP contribution < -0.4 is 0 Å². The van der Waals surface area contributed by atoms with E-state index >= 15 is 0 Å². The molecule has 0 bridgehead atoms. The number of hydrogen-bond acceptors (Lipinski definition) is 6. The zero-order valence-electron chi connectivity index (χ0n) is 21.2. The second kappa shape index (κ2) is 22.8. The first kappa shape index (κ1) is 30.0. The molecule has 0 radical (unpaired) electrons. The zero-order chi connectivity index (χ0) is 23.8. The molecular formula is C26H49NO6. The van der Waals surface area contributed by atoms with E-state index in [9.17, 15) is 9.59 Å². The van der Waals surface area contributed by atoms with E-state index in [1.807, 2.05) is 0 Å². The molecule has 0 aliphatic carbocycles. The van der Waals surface area contributed by atoms with Crippen molar-refractivity contribution in [3.8, 4) is 0 Å². The van der Waals surface area contributed by atoms with E-state index in [1.54, 1.807) is 0 Å². The summed E-state index contributed by atoms with van der Waals surface area (Å²) >= 11 is 0. The molecule has 33 heavy (non-hydrogen) atoms. The molecule has 0 aromatic rings. The molecule has 1 rings (SSSR count). The summed E-state index contributed by atoms with van der Waals surface area (Å²) < 4.78 is 16.4. The predicted octanol–water partition coefficient (Wildman–Crippen LogP) is 5.60. The van der Waals surface area contributed by atoms with Crippen LogP contribution in [0.5, 0.6) is 0 Å². The first-order valence-electron chi connectivity index (χ1n) is 13.5. The normalized spacial score (nSPS) is 14.0. The predicted molar refractivity (Wildman–Crippen MR) is 130 cm³/mol. The zero-order valence-corrected chi connectivity index (χ0v) is 21.2. The van der Waals surface area contributed by atoms with Gasteiger partial charge in [-0.3, -0.25) is 14.4 Å². The minimum atomic E-state index is -0.280. The van der Waals surface area contributed by atoms with E-state index < -0.39 is 0 Å². The number of imide groups is 1. The van der Waals surface area contributed by atoms with Gasteiger partial charge in [-0.05, 0) is 6.42 Å². The Hall–Kier alpha value is -1.02. The number of amides is 2. The lowest BCUT2D eigenvalue weighted by atomic mass is 10.0. The molecule has 7 nitrogen and oxygen atoms in total. The summed E-state index contributed by atoms with van der Waals surface area (Å²) in [4.78, 5) is 27.8. The van der Waals surface area contributed by atoms with Gasteiger partial charge in [0.05, 0.1) is 39.6 Å². The molecule has 0 saturated carbocycles. The lowest BCUT2D eigenvalue weighted by molar-refractivity contribution is -0.191. The molecule has 194 valence electrons. The van der Waals surface area contributed by atoms with Crippen molar-refractivity contribution in [3.05, 3.63) is 0 Å². The minimum absolute atomic E-state index is 0.180. The molecule has 0 spiro atoms. The number of hydroxylamine groups is 2. The average molecular weight is 472 g/mol. The summed E-state index contributed by atoms with van der Waals surface area (Å²) in [6.07, 6.45) is 19.6. The molecule has 1 fully saturated rings. The van der Waals surface area contributed by atoms with Gasteiger partial charge in [-0.25, -0.2) is 0 Å². The van der Waals surface area contributed by atoms with Gasteiger partial charge in [-0.1, -0.05) is 90.4 Å². The van der Waals surface area contributed by atoms with E-state index in [2.05, 4.69) is 6.92 Å². The monoisotopic (exact) mass is 471 g/mol. The minimum Gasteiger partial charge on any atom is -0.379 e. The third kappa shape index (κ3) is 18.0. The lowest BCUT2D eigenvalue weighted by Crippen LogP contribution is -2.30. The lowest BCUT2D eigenvalue weighted by Gasteiger charge is -2.13. The fourth-order valence-corrected chi connectivity index (χ4v) is 3.83. The van der Waals surface area contributed by atoms with Gasteiger partial charge in [0.15, 0.2) is 0 Å². The van der Waals surface area contributed by atoms with Crippen molar-refractivity contribution < 1.29 is 28.6 Å². The molecule has 7 heteroatoms. The molecule has 1 aliphatic rings. The molecule has 1 aliphatic heterocycles. The third-order valence-corrected chi connectivity index (χ3v) is 5.84. The highest BCUT2D eigenvalue weighted by molar-refractivity contribution is 6.00. The molecule has 0 unspecified atom stereocenters. The Morgan fingerprint density at radius 2 is 0.879 bits per heavy atom. The van der Waals surface area contributed by atoms with Crippen molar-refractivity contribution in [1.29, 1.82) is 0 Å². The van der Waals surface area contributed by atoms with Crippen molar-refractivity contribution >= 4 is 11.8 Å². The summed E-state index contributed by atoms with van der Waals surface area (Å²) in [7, 11) is 0. The van der Waals surface area contributed by atoms with Crippen LogP contribution in [0.2, 0.25) is 0 Å². The SMILES string of the molecule is CCCCCCCCCCCCCCCCOCCOCCOCCON1C(=O)CCC1=O. The Labute approximate surface area is 201 Å². The Balaban J connectivity index is 1.66. The van der Waals surface area contributed by atoms with Gasteiger partial charge in [-0.15, -0.1) is 0 Å². The van der Waals surface area contributed by atoms with E-state index in [0.29, 0.717) is 33.0 Å². The highest BCUT2D eigenvalue weighted by Gasteiger charge is 2.29. The van der Waals surface area contributed by atoms with Gasteiger partial charge in [0.25, 0.3) is 11.8 Å². The summed E-state index contributed by atoms with van der Waals surface area (Å²) in [6.45, 7) is 5.69. The number of carbonyl (C=O) groups is 2. The van der Waals surface area contributed by atoms with Gasteiger partial charge in [0.1, 0.15) is 0 Å². The molecule has 0 aromatic heterocycles. The summed E-state index contributed by atoms with van der Waals surface area (Å²) in [5, 5.41) is 0.842. The molecule has 0 atom stereocenters. The molecule has 1 saturated heterocycles. The van der Waals surface area contributed by atoms with E-state index in [0.717, 1.165) is 18.1 Å². The number of nitrogens with zero attached hydrogens (tertiary/aromatic N) is 1. The van der Waals surface area contributed by atoms with Crippen LogP contribution in [0.15, 0.2) is 0 Å². The van der Waals surface area contributed by atoms with Crippen LogP contribution in [-0.2, 0) is 28.6 Å². The van der Waals surface area contributed by atoms with Crippen LogP contribution in [0.4, 0.5) is 0 Å². The third-order valence-electron chi connectivity index (χ3n) is 5.84. The highest BCUT2D eigenvalue weighted by atomic mass is 16.7. The van der Waals surface area contributed by atoms with Crippen LogP contribution in [0.3, 0.4) is 0 Å². The number of carbonyl (C=O) groups excluding carboxylic acids is 2. The Morgan fingerprint density at radius 1 is 0.515 bits per heavy atom. The first-order valence-corrected chi connectivity index (χ1v) is 13.5. The molecule has 0 N–H and O–H groups in total. The fourth-order valence-electron chi connectivity index (χ4n) is 3.83. The van der Waals surface area contributed by atoms with Crippen molar-refractivity contribution in [3.63, 3.8) is 0 Å². The smallest absolute Gasteiger partial charge is 0.253 e. The summed E-state index contributed by atoms with van der Waals surface area (Å²) in [5.41, 5.74) is 0. The first-order chi connectivity index (χ1) is 16.3. The maximum atomic E-state index is 11.4. The fraction of sp³-hybridized carbons (Fsp3) is 0.923. The van der Waals surface area contributed by atoms with Crippen molar-refractivity contribution in [2.24, 2.45) is 0 Å². The number of ether oxygens (including phenoxy) is 3. The Morgan fingerprint density at radius 3 is 1.33 bits per heavy atom.